The number of carbonyl (C=O) groups excluding carboxylic acids is 2. The van der Waals surface area contributed by atoms with Crippen molar-refractivity contribution in [3.8, 4) is 0 Å². The van der Waals surface area contributed by atoms with Crippen LogP contribution in [0, 0.1) is 11.6 Å². The van der Waals surface area contributed by atoms with Gasteiger partial charge >= 0.3 is 6.03 Å². The van der Waals surface area contributed by atoms with Crippen molar-refractivity contribution in [3.63, 3.8) is 0 Å². The fourth-order valence-corrected chi connectivity index (χ4v) is 4.42. The first kappa shape index (κ1) is 26.9. The fraction of sp³-hybridized carbons (Fsp3) is 0.259. The molecule has 0 radical (unpaired) electrons. The molecule has 1 heterocycles. The van der Waals surface area contributed by atoms with Crippen molar-refractivity contribution >= 4 is 40.8 Å². The van der Waals surface area contributed by atoms with E-state index >= 15 is 0 Å². The third-order valence-electron chi connectivity index (χ3n) is 6.20. The molecule has 6 nitrogen and oxygen atoms in total. The van der Waals surface area contributed by atoms with Crippen LogP contribution < -0.4 is 5.32 Å². The summed E-state index contributed by atoms with van der Waals surface area (Å²) in [6, 6.07) is 16.2. The predicted molar refractivity (Wildman–Crippen MR) is 141 cm³/mol. The Kier molecular flexibility index (Phi) is 8.97. The van der Waals surface area contributed by atoms with Gasteiger partial charge in [0.15, 0.2) is 0 Å². The van der Waals surface area contributed by atoms with Gasteiger partial charge in [-0.3, -0.25) is 9.69 Å². The summed E-state index contributed by atoms with van der Waals surface area (Å²) >= 11 is 12.2. The lowest BCUT2D eigenvalue weighted by molar-refractivity contribution is 0.0704. The number of nitrogens with zero attached hydrogens (tertiary/aromatic N) is 3. The number of piperazine rings is 1. The van der Waals surface area contributed by atoms with E-state index in [0.29, 0.717) is 67.1 Å². The van der Waals surface area contributed by atoms with Crippen LogP contribution in [-0.4, -0.2) is 65.9 Å². The van der Waals surface area contributed by atoms with Crippen LogP contribution in [0.3, 0.4) is 0 Å². The van der Waals surface area contributed by atoms with Gasteiger partial charge in [-0.2, -0.15) is 0 Å². The summed E-state index contributed by atoms with van der Waals surface area (Å²) in [5, 5.41) is 3.46. The van der Waals surface area contributed by atoms with Gasteiger partial charge in [0, 0.05) is 51.4 Å². The second kappa shape index (κ2) is 12.4. The standard InChI is InChI=1S/C27H26Cl2F2N4O2/c28-23-2-1-3-24(25(23)29)32-27(37)34-15-12-33(13-16-34)14-17-35(18-19-4-8-21(30)9-5-19)26(36)20-6-10-22(31)11-7-20/h1-11H,12-18H2,(H,32,37). The van der Waals surface area contributed by atoms with Gasteiger partial charge in [0.1, 0.15) is 11.6 Å². The third kappa shape index (κ3) is 7.19. The zero-order valence-electron chi connectivity index (χ0n) is 20.0. The Balaban J connectivity index is 1.34. The average molecular weight is 547 g/mol. The Morgan fingerprint density at radius 1 is 0.865 bits per heavy atom. The lowest BCUT2D eigenvalue weighted by atomic mass is 10.1. The molecule has 1 saturated heterocycles. The summed E-state index contributed by atoms with van der Waals surface area (Å²) in [6.45, 7) is 3.57. The van der Waals surface area contributed by atoms with Gasteiger partial charge in [0.2, 0.25) is 0 Å². The summed E-state index contributed by atoms with van der Waals surface area (Å²) in [6.07, 6.45) is 0. The molecule has 3 aromatic rings. The van der Waals surface area contributed by atoms with Crippen molar-refractivity contribution in [1.29, 1.82) is 0 Å². The Hall–Kier alpha value is -3.20. The number of halogens is 4. The zero-order valence-corrected chi connectivity index (χ0v) is 21.5. The van der Waals surface area contributed by atoms with E-state index < -0.39 is 5.82 Å². The number of carbonyl (C=O) groups is 2. The van der Waals surface area contributed by atoms with Gasteiger partial charge in [-0.25, -0.2) is 13.6 Å². The first-order valence-corrected chi connectivity index (χ1v) is 12.6. The van der Waals surface area contributed by atoms with Crippen LogP contribution in [-0.2, 0) is 6.54 Å². The second-order valence-electron chi connectivity index (χ2n) is 8.72. The predicted octanol–water partition coefficient (Wildman–Crippen LogP) is 5.76. The highest BCUT2D eigenvalue weighted by molar-refractivity contribution is 6.43. The summed E-state index contributed by atoms with van der Waals surface area (Å²) < 4.78 is 26.7. The summed E-state index contributed by atoms with van der Waals surface area (Å²) in [4.78, 5) is 31.4. The van der Waals surface area contributed by atoms with Crippen molar-refractivity contribution in [1.82, 2.24) is 14.7 Å². The van der Waals surface area contributed by atoms with E-state index in [-0.39, 0.29) is 17.8 Å². The van der Waals surface area contributed by atoms with E-state index in [1.54, 1.807) is 40.1 Å². The third-order valence-corrected chi connectivity index (χ3v) is 7.02. The van der Waals surface area contributed by atoms with Crippen LogP contribution in [0.15, 0.2) is 66.7 Å². The molecule has 1 N–H and O–H groups in total. The highest BCUT2D eigenvalue weighted by Gasteiger charge is 2.23. The van der Waals surface area contributed by atoms with Gasteiger partial charge in [0.25, 0.3) is 5.91 Å². The SMILES string of the molecule is O=C(Nc1cccc(Cl)c1Cl)N1CCN(CCN(Cc2ccc(F)cc2)C(=O)c2ccc(F)cc2)CC1. The largest absolute Gasteiger partial charge is 0.333 e. The average Bonchev–Trinajstić information content (AvgIpc) is 2.90. The number of anilines is 1. The molecule has 10 heteroatoms. The van der Waals surface area contributed by atoms with E-state index in [2.05, 4.69) is 10.2 Å². The Labute approximate surface area is 224 Å². The van der Waals surface area contributed by atoms with Crippen LogP contribution in [0.25, 0.3) is 0 Å². The number of hydrogen-bond acceptors (Lipinski definition) is 3. The fourth-order valence-electron chi connectivity index (χ4n) is 4.07. The molecule has 0 bridgehead atoms. The van der Waals surface area contributed by atoms with Gasteiger partial charge < -0.3 is 15.1 Å². The minimum atomic E-state index is -0.416. The van der Waals surface area contributed by atoms with Crippen LogP contribution in [0.5, 0.6) is 0 Å². The molecule has 1 aliphatic rings. The first-order valence-electron chi connectivity index (χ1n) is 11.8. The molecule has 3 aromatic carbocycles. The van der Waals surface area contributed by atoms with E-state index in [0.717, 1.165) is 5.56 Å². The molecule has 0 atom stereocenters. The lowest BCUT2D eigenvalue weighted by Crippen LogP contribution is -2.51. The maximum Gasteiger partial charge on any atom is 0.321 e. The van der Waals surface area contributed by atoms with Crippen molar-refractivity contribution in [2.45, 2.75) is 6.54 Å². The molecule has 4 rings (SSSR count). The van der Waals surface area contributed by atoms with E-state index in [4.69, 9.17) is 23.2 Å². The van der Waals surface area contributed by atoms with Crippen LogP contribution >= 0.6 is 23.2 Å². The number of hydrogen-bond donors (Lipinski definition) is 1. The van der Waals surface area contributed by atoms with E-state index in [1.807, 2.05) is 0 Å². The minimum absolute atomic E-state index is 0.235. The van der Waals surface area contributed by atoms with E-state index in [1.165, 1.54) is 36.4 Å². The number of amides is 3. The Bertz CT molecular complexity index is 1230. The normalized spacial score (nSPS) is 13.9. The van der Waals surface area contributed by atoms with Crippen LogP contribution in [0.1, 0.15) is 15.9 Å². The number of nitrogens with one attached hydrogen (secondary N) is 1. The molecular weight excluding hydrogens is 521 g/mol. The lowest BCUT2D eigenvalue weighted by Gasteiger charge is -2.36. The number of urea groups is 1. The molecule has 194 valence electrons. The number of rotatable bonds is 7. The van der Waals surface area contributed by atoms with E-state index in [9.17, 15) is 18.4 Å². The van der Waals surface area contributed by atoms with Crippen molar-refractivity contribution < 1.29 is 18.4 Å². The molecule has 0 aliphatic carbocycles. The molecule has 1 aliphatic heterocycles. The van der Waals surface area contributed by atoms with Crippen molar-refractivity contribution in [2.24, 2.45) is 0 Å². The molecule has 3 amide bonds. The van der Waals surface area contributed by atoms with Crippen molar-refractivity contribution in [3.05, 3.63) is 99.5 Å². The molecular formula is C27H26Cl2F2N4O2. The minimum Gasteiger partial charge on any atom is -0.333 e. The van der Waals surface area contributed by atoms with Gasteiger partial charge in [-0.15, -0.1) is 0 Å². The smallest absolute Gasteiger partial charge is 0.321 e. The molecule has 1 fully saturated rings. The zero-order chi connectivity index (χ0) is 26.4. The molecule has 0 saturated carbocycles. The van der Waals surface area contributed by atoms with Gasteiger partial charge in [0.05, 0.1) is 15.7 Å². The first-order chi connectivity index (χ1) is 17.8. The van der Waals surface area contributed by atoms with Gasteiger partial charge in [-0.05, 0) is 54.1 Å². The molecule has 0 aromatic heterocycles. The highest BCUT2D eigenvalue weighted by Crippen LogP contribution is 2.29. The summed E-state index contributed by atoms with van der Waals surface area (Å²) in [5.41, 5.74) is 1.63. The highest BCUT2D eigenvalue weighted by atomic mass is 35.5. The van der Waals surface area contributed by atoms with Crippen molar-refractivity contribution in [2.75, 3.05) is 44.6 Å². The second-order valence-corrected chi connectivity index (χ2v) is 9.51. The quantitative estimate of drug-likeness (QED) is 0.409. The topological polar surface area (TPSA) is 55.9 Å². The number of benzene rings is 3. The maximum absolute atomic E-state index is 13.4. The molecule has 37 heavy (non-hydrogen) atoms. The molecule has 0 unspecified atom stereocenters. The molecule has 0 spiro atoms. The Morgan fingerprint density at radius 2 is 1.49 bits per heavy atom. The Morgan fingerprint density at radius 3 is 2.14 bits per heavy atom. The van der Waals surface area contributed by atoms with Gasteiger partial charge in [-0.1, -0.05) is 41.4 Å². The van der Waals surface area contributed by atoms with Crippen LogP contribution in [0.4, 0.5) is 19.3 Å². The maximum atomic E-state index is 13.4. The van der Waals surface area contributed by atoms with Crippen LogP contribution in [0.2, 0.25) is 10.0 Å². The summed E-state index contributed by atoms with van der Waals surface area (Å²) in [5.74, 6) is -0.999. The summed E-state index contributed by atoms with van der Waals surface area (Å²) in [7, 11) is 0. The monoisotopic (exact) mass is 546 g/mol.